The summed E-state index contributed by atoms with van der Waals surface area (Å²) in [4.78, 5) is 10.9. The average molecular weight is 310 g/mol. The maximum Gasteiger partial charge on any atom is 0.335 e. The van der Waals surface area contributed by atoms with E-state index in [9.17, 15) is 13.2 Å². The van der Waals surface area contributed by atoms with Gasteiger partial charge in [-0.05, 0) is 24.1 Å². The minimum absolute atomic E-state index is 0.0376. The molecule has 1 aromatic heterocycles. The van der Waals surface area contributed by atoms with Crippen molar-refractivity contribution in [2.24, 2.45) is 0 Å². The fraction of sp³-hybridized carbons (Fsp3) is 0.231. The van der Waals surface area contributed by atoms with Gasteiger partial charge in [-0.25, -0.2) is 17.9 Å². The highest BCUT2D eigenvalue weighted by Crippen LogP contribution is 2.19. The number of carboxylic acids is 1. The predicted molar refractivity (Wildman–Crippen MR) is 73.3 cm³/mol. The maximum atomic E-state index is 12.3. The third kappa shape index (κ3) is 3.47. The van der Waals surface area contributed by atoms with E-state index in [1.54, 1.807) is 6.92 Å². The first-order chi connectivity index (χ1) is 9.94. The normalized spacial score (nSPS) is 11.5. The summed E-state index contributed by atoms with van der Waals surface area (Å²) in [7, 11) is -3.84. The van der Waals surface area contributed by atoms with E-state index in [1.165, 1.54) is 24.4 Å². The third-order valence-corrected chi connectivity index (χ3v) is 4.40. The molecule has 0 atom stereocenters. The highest BCUT2D eigenvalue weighted by atomic mass is 32.2. The number of nitrogens with zero attached hydrogens (tertiary/aromatic N) is 1. The monoisotopic (exact) mass is 310 g/mol. The Kier molecular flexibility index (Phi) is 4.39. The van der Waals surface area contributed by atoms with Gasteiger partial charge in [0.1, 0.15) is 0 Å². The van der Waals surface area contributed by atoms with E-state index in [1.807, 2.05) is 0 Å². The average Bonchev–Trinajstić information content (AvgIpc) is 2.98. The Morgan fingerprint density at radius 3 is 2.71 bits per heavy atom. The molecule has 7 nitrogen and oxygen atoms in total. The van der Waals surface area contributed by atoms with E-state index in [4.69, 9.17) is 9.63 Å². The number of rotatable bonds is 6. The number of aryl methyl sites for hydroxylation is 1. The summed E-state index contributed by atoms with van der Waals surface area (Å²) in [5.41, 5.74) is 0.470. The van der Waals surface area contributed by atoms with Crippen molar-refractivity contribution in [3.8, 4) is 0 Å². The summed E-state index contributed by atoms with van der Waals surface area (Å²) < 4.78 is 31.8. The van der Waals surface area contributed by atoms with Crippen molar-refractivity contribution in [3.63, 3.8) is 0 Å². The molecule has 8 heteroatoms. The van der Waals surface area contributed by atoms with Gasteiger partial charge in [-0.2, -0.15) is 0 Å². The molecule has 0 bridgehead atoms. The molecule has 1 aromatic carbocycles. The zero-order valence-corrected chi connectivity index (χ0v) is 12.1. The number of benzene rings is 1. The van der Waals surface area contributed by atoms with Crippen molar-refractivity contribution in [2.75, 3.05) is 0 Å². The molecule has 2 aromatic rings. The van der Waals surface area contributed by atoms with Crippen LogP contribution in [0.3, 0.4) is 0 Å². The lowest BCUT2D eigenvalue weighted by Gasteiger charge is -2.10. The van der Waals surface area contributed by atoms with Crippen LogP contribution in [0.1, 0.15) is 28.6 Å². The van der Waals surface area contributed by atoms with Gasteiger partial charge >= 0.3 is 5.97 Å². The summed E-state index contributed by atoms with van der Waals surface area (Å²) in [6.07, 6.45) is 1.88. The van der Waals surface area contributed by atoms with Gasteiger partial charge in [-0.3, -0.25) is 0 Å². The SMILES string of the molecule is CCc1ccc(C(=O)O)cc1S(=O)(=O)NCc1ccno1. The Labute approximate surface area is 121 Å². The summed E-state index contributed by atoms with van der Waals surface area (Å²) in [5.74, 6) is -0.810. The number of carbonyl (C=O) groups is 1. The Morgan fingerprint density at radius 1 is 1.38 bits per heavy atom. The topological polar surface area (TPSA) is 110 Å². The first-order valence-corrected chi connectivity index (χ1v) is 7.68. The van der Waals surface area contributed by atoms with Crippen LogP contribution >= 0.6 is 0 Å². The molecule has 112 valence electrons. The second-order valence-electron chi connectivity index (χ2n) is 4.28. The minimum atomic E-state index is -3.84. The van der Waals surface area contributed by atoms with Gasteiger partial charge in [0, 0.05) is 6.07 Å². The second kappa shape index (κ2) is 6.06. The fourth-order valence-electron chi connectivity index (χ4n) is 1.81. The van der Waals surface area contributed by atoms with Crippen molar-refractivity contribution < 1.29 is 22.8 Å². The Balaban J connectivity index is 2.33. The molecule has 2 rings (SSSR count). The molecule has 0 fully saturated rings. The molecule has 0 aliphatic rings. The lowest BCUT2D eigenvalue weighted by atomic mass is 10.1. The predicted octanol–water partition coefficient (Wildman–Crippen LogP) is 1.41. The van der Waals surface area contributed by atoms with Crippen LogP contribution < -0.4 is 4.72 Å². The highest BCUT2D eigenvalue weighted by Gasteiger charge is 2.20. The summed E-state index contributed by atoms with van der Waals surface area (Å²) >= 11 is 0. The summed E-state index contributed by atoms with van der Waals surface area (Å²) in [6.45, 7) is 1.74. The van der Waals surface area contributed by atoms with E-state index in [2.05, 4.69) is 9.88 Å². The minimum Gasteiger partial charge on any atom is -0.478 e. The van der Waals surface area contributed by atoms with E-state index in [0.29, 0.717) is 17.7 Å². The molecule has 0 radical (unpaired) electrons. The molecule has 0 aliphatic heterocycles. The molecular formula is C13H14N2O5S. The smallest absolute Gasteiger partial charge is 0.335 e. The van der Waals surface area contributed by atoms with E-state index < -0.39 is 16.0 Å². The summed E-state index contributed by atoms with van der Waals surface area (Å²) in [6, 6.07) is 5.59. The van der Waals surface area contributed by atoms with Gasteiger partial charge in [-0.15, -0.1) is 0 Å². The van der Waals surface area contributed by atoms with Crippen molar-refractivity contribution in [2.45, 2.75) is 24.8 Å². The van der Waals surface area contributed by atoms with Crippen LogP contribution in [-0.2, 0) is 23.0 Å². The van der Waals surface area contributed by atoms with Gasteiger partial charge in [0.2, 0.25) is 10.0 Å². The Hall–Kier alpha value is -2.19. The number of nitrogens with one attached hydrogen (secondary N) is 1. The number of hydrogen-bond donors (Lipinski definition) is 2. The molecule has 0 saturated carbocycles. The van der Waals surface area contributed by atoms with Gasteiger partial charge < -0.3 is 9.63 Å². The van der Waals surface area contributed by atoms with Crippen LogP contribution in [-0.4, -0.2) is 24.7 Å². The number of aromatic carboxylic acids is 1. The second-order valence-corrected chi connectivity index (χ2v) is 6.02. The number of carboxylic acid groups (broad SMARTS) is 1. The molecule has 21 heavy (non-hydrogen) atoms. The largest absolute Gasteiger partial charge is 0.478 e. The molecule has 0 amide bonds. The number of sulfonamides is 1. The lowest BCUT2D eigenvalue weighted by Crippen LogP contribution is -2.24. The Morgan fingerprint density at radius 2 is 2.14 bits per heavy atom. The molecule has 2 N–H and O–H groups in total. The van der Waals surface area contributed by atoms with Crippen molar-refractivity contribution >= 4 is 16.0 Å². The molecule has 0 spiro atoms. The molecule has 0 unspecified atom stereocenters. The van der Waals surface area contributed by atoms with E-state index >= 15 is 0 Å². The molecule has 0 saturated heterocycles. The van der Waals surface area contributed by atoms with Crippen LogP contribution in [0.4, 0.5) is 0 Å². The maximum absolute atomic E-state index is 12.3. The quantitative estimate of drug-likeness (QED) is 0.835. The van der Waals surface area contributed by atoms with Crippen LogP contribution in [0.5, 0.6) is 0 Å². The van der Waals surface area contributed by atoms with Crippen LogP contribution in [0.2, 0.25) is 0 Å². The first kappa shape index (κ1) is 15.2. The third-order valence-electron chi connectivity index (χ3n) is 2.91. The van der Waals surface area contributed by atoms with Gasteiger partial charge in [0.15, 0.2) is 5.76 Å². The van der Waals surface area contributed by atoms with Crippen molar-refractivity contribution in [1.82, 2.24) is 9.88 Å². The standard InChI is InChI=1S/C13H14N2O5S/c1-2-9-3-4-10(13(16)17)7-12(9)21(18,19)15-8-11-5-6-14-20-11/h3-7,15H,2,8H2,1H3,(H,16,17). The van der Waals surface area contributed by atoms with Gasteiger partial charge in [0.05, 0.1) is 23.2 Å². The van der Waals surface area contributed by atoms with Crippen LogP contribution in [0.25, 0.3) is 0 Å². The molecular weight excluding hydrogens is 296 g/mol. The van der Waals surface area contributed by atoms with Crippen LogP contribution in [0.15, 0.2) is 39.9 Å². The zero-order valence-electron chi connectivity index (χ0n) is 11.2. The highest BCUT2D eigenvalue weighted by molar-refractivity contribution is 7.89. The first-order valence-electron chi connectivity index (χ1n) is 6.19. The zero-order chi connectivity index (χ0) is 15.5. The number of hydrogen-bond acceptors (Lipinski definition) is 5. The van der Waals surface area contributed by atoms with E-state index in [-0.39, 0.29) is 17.0 Å². The summed E-state index contributed by atoms with van der Waals surface area (Å²) in [5, 5.41) is 12.5. The van der Waals surface area contributed by atoms with Crippen LogP contribution in [0, 0.1) is 0 Å². The van der Waals surface area contributed by atoms with Crippen molar-refractivity contribution in [1.29, 1.82) is 0 Å². The molecule has 0 aliphatic carbocycles. The number of aromatic nitrogens is 1. The fourth-order valence-corrected chi connectivity index (χ4v) is 3.13. The molecule has 1 heterocycles. The van der Waals surface area contributed by atoms with E-state index in [0.717, 1.165) is 6.07 Å². The lowest BCUT2D eigenvalue weighted by molar-refractivity contribution is 0.0696. The van der Waals surface area contributed by atoms with Crippen molar-refractivity contribution in [3.05, 3.63) is 47.3 Å². The Bertz CT molecular complexity index is 738. The van der Waals surface area contributed by atoms with Gasteiger partial charge in [0.25, 0.3) is 0 Å². The van der Waals surface area contributed by atoms with Gasteiger partial charge in [-0.1, -0.05) is 18.1 Å².